The molecule has 2 amide bonds. The lowest BCUT2D eigenvalue weighted by molar-refractivity contribution is -0.381. The molecule has 0 unspecified atom stereocenters. The Balaban J connectivity index is 1.68. The van der Waals surface area contributed by atoms with Crippen molar-refractivity contribution in [1.29, 1.82) is 0 Å². The van der Waals surface area contributed by atoms with E-state index in [0.717, 1.165) is 32.6 Å². The van der Waals surface area contributed by atoms with Gasteiger partial charge in [0.1, 0.15) is 67.1 Å². The Labute approximate surface area is 337 Å². The number of carbonyl (C=O) groups excluding carboxylic acids is 2. The minimum atomic E-state index is -3.04. The molecule has 0 aromatic heterocycles. The molecule has 0 aromatic carbocycles. The normalized spacial score (nSPS) is 36.5. The molecule has 16 atom stereocenters. The van der Waals surface area contributed by atoms with E-state index in [4.69, 9.17) is 23.7 Å². The van der Waals surface area contributed by atoms with Gasteiger partial charge in [-0.15, -0.1) is 0 Å². The summed E-state index contributed by atoms with van der Waals surface area (Å²) in [5.41, 5.74) is 0. The third-order valence-corrected chi connectivity index (χ3v) is 10.8. The van der Waals surface area contributed by atoms with E-state index in [-0.39, 0.29) is 6.42 Å². The lowest BCUT2D eigenvalue weighted by Gasteiger charge is -2.50. The highest BCUT2D eigenvalue weighted by atomic mass is 16.8. The molecule has 3 aliphatic rings. The number of nitrogens with one attached hydrogen (secondary N) is 2. The van der Waals surface area contributed by atoms with Gasteiger partial charge in [-0.2, -0.15) is 0 Å². The van der Waals surface area contributed by atoms with E-state index in [0.29, 0.717) is 6.42 Å². The predicted molar refractivity (Wildman–Crippen MR) is 197 cm³/mol. The SMILES string of the molecule is CCCCCCCCCCCCCC(=O)N[C@@H]1O[C@H](CO)[C@@H](O[C@@H]2O[C@H](CO)[C@H](O)[C@H](O[C@]3(C(=O)O)C[C@H](O)[C@@H](NC(C)=O)[C@H]([C@H](O)[C@H](O)CO)O3)[C@H]2O)[C@H](O)[C@H]1O. The molecule has 3 aliphatic heterocycles. The molecule has 3 saturated heterocycles. The van der Waals surface area contributed by atoms with Gasteiger partial charge in [-0.05, 0) is 6.42 Å². The average molecular weight is 843 g/mol. The van der Waals surface area contributed by atoms with E-state index in [1.54, 1.807) is 0 Å². The van der Waals surface area contributed by atoms with Crippen LogP contribution in [0.3, 0.4) is 0 Å². The summed E-state index contributed by atoms with van der Waals surface area (Å²) < 4.78 is 28.1. The number of hydrogen-bond donors (Lipinski definition) is 13. The minimum Gasteiger partial charge on any atom is -0.477 e. The first-order valence-electron chi connectivity index (χ1n) is 20.3. The highest BCUT2D eigenvalue weighted by Crippen LogP contribution is 2.38. The number of aliphatic carboxylic acids is 1. The van der Waals surface area contributed by atoms with Gasteiger partial charge in [0.2, 0.25) is 11.8 Å². The molecule has 21 heteroatoms. The van der Waals surface area contributed by atoms with Crippen LogP contribution in [0.4, 0.5) is 0 Å². The van der Waals surface area contributed by atoms with Gasteiger partial charge in [0.05, 0.1) is 32.0 Å². The molecule has 0 aliphatic carbocycles. The van der Waals surface area contributed by atoms with Crippen LogP contribution < -0.4 is 10.6 Å². The maximum absolute atomic E-state index is 12.8. The zero-order valence-electron chi connectivity index (χ0n) is 33.2. The summed E-state index contributed by atoms with van der Waals surface area (Å²) in [6.07, 6.45) is -15.3. The molecule has 0 bridgehead atoms. The minimum absolute atomic E-state index is 0.117. The van der Waals surface area contributed by atoms with Crippen molar-refractivity contribution >= 4 is 17.8 Å². The van der Waals surface area contributed by atoms with Crippen molar-refractivity contribution < 1.29 is 94.2 Å². The summed E-state index contributed by atoms with van der Waals surface area (Å²) in [5, 5.41) is 121. The third-order valence-electron chi connectivity index (χ3n) is 10.8. The zero-order chi connectivity index (χ0) is 43.2. The molecule has 338 valence electrons. The lowest BCUT2D eigenvalue weighted by atomic mass is 9.88. The van der Waals surface area contributed by atoms with E-state index in [9.17, 15) is 70.6 Å². The summed E-state index contributed by atoms with van der Waals surface area (Å²) in [4.78, 5) is 37.4. The van der Waals surface area contributed by atoms with Crippen molar-refractivity contribution in [3.63, 3.8) is 0 Å². The fourth-order valence-electron chi connectivity index (χ4n) is 7.48. The molecular weight excluding hydrogens is 776 g/mol. The number of carboxylic acids is 1. The summed E-state index contributed by atoms with van der Waals surface area (Å²) >= 11 is 0. The van der Waals surface area contributed by atoms with E-state index in [1.807, 2.05) is 0 Å². The number of carbonyl (C=O) groups is 3. The Morgan fingerprint density at radius 2 is 1.34 bits per heavy atom. The van der Waals surface area contributed by atoms with Crippen molar-refractivity contribution in [2.45, 2.75) is 195 Å². The average Bonchev–Trinajstić information content (AvgIpc) is 3.19. The zero-order valence-corrected chi connectivity index (χ0v) is 33.2. The molecule has 0 spiro atoms. The second-order valence-electron chi connectivity index (χ2n) is 15.4. The van der Waals surface area contributed by atoms with Gasteiger partial charge in [0.15, 0.2) is 12.5 Å². The van der Waals surface area contributed by atoms with Gasteiger partial charge in [0, 0.05) is 19.8 Å². The van der Waals surface area contributed by atoms with Crippen LogP contribution in [0.1, 0.15) is 97.3 Å². The van der Waals surface area contributed by atoms with Gasteiger partial charge in [-0.1, -0.05) is 71.1 Å². The predicted octanol–water partition coefficient (Wildman–Crippen LogP) is -3.40. The molecule has 0 radical (unpaired) electrons. The molecular formula is C37H66N2O19. The van der Waals surface area contributed by atoms with Gasteiger partial charge < -0.3 is 90.5 Å². The number of ether oxygens (including phenoxy) is 5. The fraction of sp³-hybridized carbons (Fsp3) is 0.919. The second kappa shape index (κ2) is 24.3. The van der Waals surface area contributed by atoms with Crippen LogP contribution in [0.25, 0.3) is 0 Å². The molecule has 3 heterocycles. The Bertz CT molecular complexity index is 1250. The van der Waals surface area contributed by atoms with Crippen LogP contribution in [0, 0.1) is 0 Å². The van der Waals surface area contributed by atoms with Crippen molar-refractivity contribution in [1.82, 2.24) is 10.6 Å². The number of amides is 2. The van der Waals surface area contributed by atoms with Gasteiger partial charge in [-0.25, -0.2) is 4.79 Å². The number of rotatable bonds is 24. The van der Waals surface area contributed by atoms with Crippen molar-refractivity contribution in [3.8, 4) is 0 Å². The first-order valence-corrected chi connectivity index (χ1v) is 20.3. The van der Waals surface area contributed by atoms with E-state index in [2.05, 4.69) is 17.6 Å². The largest absolute Gasteiger partial charge is 0.477 e. The smallest absolute Gasteiger partial charge is 0.364 e. The Morgan fingerprint density at radius 1 is 0.759 bits per heavy atom. The molecule has 13 N–H and O–H groups in total. The van der Waals surface area contributed by atoms with Crippen molar-refractivity contribution in [2.75, 3.05) is 19.8 Å². The maximum Gasteiger partial charge on any atom is 0.364 e. The summed E-state index contributed by atoms with van der Waals surface area (Å²) in [6.45, 7) is 0.355. The standard InChI is InChI=1S/C37H66N2O19/c1-3-4-5-6-7-8-9-10-11-12-13-14-24(46)39-34-29(50)28(49)31(23(18-42)54-34)56-35-30(51)33(27(48)22(17-41)55-35)58-37(36(52)53)15-20(44)25(38-19(2)43)32(57-37)26(47)21(45)16-40/h20-23,25-35,40-42,44-45,47-51H,3-18H2,1-2H3,(H,38,43)(H,39,46)(H,52,53)/t20-,21+,22+,23+,25+,26+,27-,28+,29+,30+,31+,32+,33-,34+,35-,37-/m0/s1. The summed E-state index contributed by atoms with van der Waals surface area (Å²) in [5.74, 6) is -6.23. The van der Waals surface area contributed by atoms with Gasteiger partial charge in [-0.3, -0.25) is 9.59 Å². The molecule has 21 nitrogen and oxygen atoms in total. The Kier molecular flexibility index (Phi) is 21.0. The summed E-state index contributed by atoms with van der Waals surface area (Å²) in [6, 6.07) is -1.55. The monoisotopic (exact) mass is 842 g/mol. The number of aliphatic hydroxyl groups is 10. The van der Waals surface area contributed by atoms with Gasteiger partial charge >= 0.3 is 5.97 Å². The molecule has 3 fully saturated rings. The van der Waals surface area contributed by atoms with Crippen LogP contribution in [0.2, 0.25) is 0 Å². The second-order valence-corrected chi connectivity index (χ2v) is 15.4. The number of unbranched alkanes of at least 4 members (excludes halogenated alkanes) is 10. The fourth-order valence-corrected chi connectivity index (χ4v) is 7.48. The first-order chi connectivity index (χ1) is 27.5. The highest BCUT2D eigenvalue weighted by Gasteiger charge is 2.60. The van der Waals surface area contributed by atoms with E-state index in [1.165, 1.54) is 38.5 Å². The number of hydrogen-bond acceptors (Lipinski definition) is 18. The Hall–Kier alpha value is -2.19. The van der Waals surface area contributed by atoms with Crippen LogP contribution in [-0.2, 0) is 38.1 Å². The first kappa shape index (κ1) is 50.2. The number of carboxylic acid groups (broad SMARTS) is 1. The topological polar surface area (TPSA) is 344 Å². The molecule has 58 heavy (non-hydrogen) atoms. The van der Waals surface area contributed by atoms with Gasteiger partial charge in [0.25, 0.3) is 5.79 Å². The number of aliphatic hydroxyl groups excluding tert-OH is 10. The molecule has 0 aromatic rings. The maximum atomic E-state index is 12.8. The quantitative estimate of drug-likeness (QED) is 0.0421. The molecule has 3 rings (SSSR count). The lowest BCUT2D eigenvalue weighted by Crippen LogP contribution is -2.71. The molecule has 0 saturated carbocycles. The van der Waals surface area contributed by atoms with Crippen LogP contribution >= 0.6 is 0 Å². The van der Waals surface area contributed by atoms with Crippen LogP contribution in [0.5, 0.6) is 0 Å². The van der Waals surface area contributed by atoms with Crippen LogP contribution in [-0.4, -0.2) is 191 Å². The van der Waals surface area contributed by atoms with Crippen LogP contribution in [0.15, 0.2) is 0 Å². The Morgan fingerprint density at radius 3 is 1.88 bits per heavy atom. The van der Waals surface area contributed by atoms with Crippen molar-refractivity contribution in [2.24, 2.45) is 0 Å². The van der Waals surface area contributed by atoms with E-state index >= 15 is 0 Å². The highest BCUT2D eigenvalue weighted by molar-refractivity contribution is 5.77. The third kappa shape index (κ3) is 13.4. The van der Waals surface area contributed by atoms with E-state index < -0.39 is 142 Å². The van der Waals surface area contributed by atoms with Crippen molar-refractivity contribution in [3.05, 3.63) is 0 Å². The summed E-state index contributed by atoms with van der Waals surface area (Å²) in [7, 11) is 0.